The molecule has 0 aliphatic carbocycles. The summed E-state index contributed by atoms with van der Waals surface area (Å²) in [6.45, 7) is 0. The number of halogens is 2. The number of nitrogens with zero attached hydrogens (tertiary/aromatic N) is 1. The summed E-state index contributed by atoms with van der Waals surface area (Å²) in [5.74, 6) is -0.800. The second kappa shape index (κ2) is 8.56. The summed E-state index contributed by atoms with van der Waals surface area (Å²) < 4.78 is 0.401. The number of aliphatic hydroxyl groups is 1. The van der Waals surface area contributed by atoms with Gasteiger partial charge >= 0.3 is 0 Å². The number of carbonyl (C=O) groups is 1. The summed E-state index contributed by atoms with van der Waals surface area (Å²) in [6, 6.07) is 20.2. The van der Waals surface area contributed by atoms with Crippen molar-refractivity contribution in [3.63, 3.8) is 0 Å². The fourth-order valence-electron chi connectivity index (χ4n) is 2.71. The first-order valence-electron chi connectivity index (χ1n) is 8.28. The number of amides is 1. The van der Waals surface area contributed by atoms with Crippen LogP contribution in [0.25, 0.3) is 0 Å². The lowest BCUT2D eigenvalue weighted by molar-refractivity contribution is -0.136. The van der Waals surface area contributed by atoms with E-state index in [9.17, 15) is 15.0 Å². The second-order valence-corrected chi connectivity index (χ2v) is 7.26. The molecule has 0 radical (unpaired) electrons. The van der Waals surface area contributed by atoms with Gasteiger partial charge in [-0.25, -0.2) is 5.43 Å². The van der Waals surface area contributed by atoms with E-state index in [2.05, 4.69) is 26.5 Å². The summed E-state index contributed by atoms with van der Waals surface area (Å²) >= 11 is 9.15. The quantitative estimate of drug-likeness (QED) is 0.395. The third kappa shape index (κ3) is 4.09. The van der Waals surface area contributed by atoms with Crippen molar-refractivity contribution in [1.29, 1.82) is 0 Å². The van der Waals surface area contributed by atoms with Crippen molar-refractivity contribution in [1.82, 2.24) is 5.43 Å². The van der Waals surface area contributed by atoms with Crippen LogP contribution in [0.3, 0.4) is 0 Å². The number of phenols is 1. The van der Waals surface area contributed by atoms with Crippen LogP contribution in [-0.4, -0.2) is 22.3 Å². The van der Waals surface area contributed by atoms with E-state index in [1.165, 1.54) is 18.3 Å². The van der Waals surface area contributed by atoms with Gasteiger partial charge in [0.2, 0.25) is 0 Å². The van der Waals surface area contributed by atoms with Crippen LogP contribution in [0.1, 0.15) is 16.7 Å². The van der Waals surface area contributed by atoms with Crippen LogP contribution in [0.2, 0.25) is 5.02 Å². The molecule has 0 saturated heterocycles. The largest absolute Gasteiger partial charge is 0.506 e. The number of hydrazone groups is 1. The first-order chi connectivity index (χ1) is 13.4. The Morgan fingerprint density at radius 1 is 1.04 bits per heavy atom. The zero-order chi connectivity index (χ0) is 20.1. The standard InChI is InChI=1S/C21H16BrClN2O3/c22-18-12-17(23)11-14(19(18)26)13-24-25-20(27)21(28,15-7-3-1-4-8-15)16-9-5-2-6-10-16/h1-13,26,28H,(H,25,27). The molecule has 0 fully saturated rings. The molecule has 0 spiro atoms. The average molecular weight is 460 g/mol. The molecule has 0 unspecified atom stereocenters. The van der Waals surface area contributed by atoms with E-state index >= 15 is 0 Å². The third-order valence-electron chi connectivity index (χ3n) is 4.14. The van der Waals surface area contributed by atoms with E-state index in [-0.39, 0.29) is 5.75 Å². The van der Waals surface area contributed by atoms with Crippen molar-refractivity contribution >= 4 is 39.7 Å². The van der Waals surface area contributed by atoms with Crippen molar-refractivity contribution < 1.29 is 15.0 Å². The number of rotatable bonds is 5. The summed E-state index contributed by atoms with van der Waals surface area (Å²) in [5, 5.41) is 25.6. The van der Waals surface area contributed by atoms with E-state index in [1.807, 2.05) is 0 Å². The number of nitrogens with one attached hydrogen (secondary N) is 1. The maximum atomic E-state index is 12.9. The SMILES string of the molecule is O=C(NN=Cc1cc(Cl)cc(Br)c1O)C(O)(c1ccccc1)c1ccccc1. The Labute approximate surface area is 175 Å². The fourth-order valence-corrected chi connectivity index (χ4v) is 3.55. The number of aromatic hydroxyl groups is 1. The van der Waals surface area contributed by atoms with Crippen LogP contribution < -0.4 is 5.43 Å². The highest BCUT2D eigenvalue weighted by Crippen LogP contribution is 2.31. The van der Waals surface area contributed by atoms with Gasteiger partial charge < -0.3 is 10.2 Å². The van der Waals surface area contributed by atoms with Crippen LogP contribution in [0.15, 0.2) is 82.4 Å². The molecule has 0 aliphatic rings. The molecular formula is C21H16BrClN2O3. The topological polar surface area (TPSA) is 81.9 Å². The van der Waals surface area contributed by atoms with E-state index in [0.29, 0.717) is 26.2 Å². The van der Waals surface area contributed by atoms with Gasteiger partial charge in [0.25, 0.3) is 5.91 Å². The Kier molecular flexibility index (Phi) is 6.14. The lowest BCUT2D eigenvalue weighted by atomic mass is 9.85. The van der Waals surface area contributed by atoms with Crippen LogP contribution in [0.5, 0.6) is 5.75 Å². The van der Waals surface area contributed by atoms with Gasteiger partial charge in [-0.2, -0.15) is 5.10 Å². The van der Waals surface area contributed by atoms with E-state index < -0.39 is 11.5 Å². The summed E-state index contributed by atoms with van der Waals surface area (Å²) in [5.41, 5.74) is 1.53. The Morgan fingerprint density at radius 3 is 2.11 bits per heavy atom. The number of hydrogen-bond acceptors (Lipinski definition) is 4. The number of carbonyl (C=O) groups excluding carboxylic acids is 1. The smallest absolute Gasteiger partial charge is 0.281 e. The monoisotopic (exact) mass is 458 g/mol. The Hall–Kier alpha value is -2.67. The van der Waals surface area contributed by atoms with Crippen LogP contribution in [0, 0.1) is 0 Å². The van der Waals surface area contributed by atoms with Crippen LogP contribution in [0.4, 0.5) is 0 Å². The third-order valence-corrected chi connectivity index (χ3v) is 4.96. The molecule has 5 nitrogen and oxygen atoms in total. The first-order valence-corrected chi connectivity index (χ1v) is 9.45. The van der Waals surface area contributed by atoms with Gasteiger partial charge in [-0.15, -0.1) is 0 Å². The van der Waals surface area contributed by atoms with Crippen LogP contribution >= 0.6 is 27.5 Å². The molecule has 3 aromatic carbocycles. The molecule has 0 heterocycles. The molecular weight excluding hydrogens is 444 g/mol. The summed E-state index contributed by atoms with van der Waals surface area (Å²) in [7, 11) is 0. The van der Waals surface area contributed by atoms with E-state index in [4.69, 9.17) is 11.6 Å². The highest BCUT2D eigenvalue weighted by atomic mass is 79.9. The van der Waals surface area contributed by atoms with Crippen molar-refractivity contribution in [2.45, 2.75) is 5.60 Å². The highest BCUT2D eigenvalue weighted by Gasteiger charge is 2.39. The molecule has 142 valence electrons. The van der Waals surface area contributed by atoms with Gasteiger partial charge in [0, 0.05) is 10.6 Å². The minimum atomic E-state index is -1.93. The second-order valence-electron chi connectivity index (χ2n) is 5.97. The molecule has 0 atom stereocenters. The molecule has 0 aliphatic heterocycles. The zero-order valence-electron chi connectivity index (χ0n) is 14.5. The maximum Gasteiger partial charge on any atom is 0.281 e. The molecule has 3 aromatic rings. The molecule has 0 aromatic heterocycles. The molecule has 3 rings (SSSR count). The fraction of sp³-hybridized carbons (Fsp3) is 0.0476. The Balaban J connectivity index is 1.91. The van der Waals surface area contributed by atoms with Crippen molar-refractivity contribution in [3.8, 4) is 5.75 Å². The van der Waals surface area contributed by atoms with Crippen molar-refractivity contribution in [3.05, 3.63) is 99.0 Å². The number of benzene rings is 3. The van der Waals surface area contributed by atoms with Gasteiger partial charge in [0.05, 0.1) is 10.7 Å². The Bertz CT molecular complexity index is 971. The van der Waals surface area contributed by atoms with Crippen molar-refractivity contribution in [2.75, 3.05) is 0 Å². The van der Waals surface area contributed by atoms with Gasteiger partial charge in [0.15, 0.2) is 5.60 Å². The summed E-state index contributed by atoms with van der Waals surface area (Å²) in [6.07, 6.45) is 1.25. The molecule has 0 bridgehead atoms. The van der Waals surface area contributed by atoms with Crippen LogP contribution in [-0.2, 0) is 10.4 Å². The lowest BCUT2D eigenvalue weighted by Crippen LogP contribution is -2.43. The van der Waals surface area contributed by atoms with Gasteiger partial charge in [-0.1, -0.05) is 72.3 Å². The average Bonchev–Trinajstić information content (AvgIpc) is 2.72. The first kappa shape index (κ1) is 20.1. The van der Waals surface area contributed by atoms with Gasteiger partial charge in [-0.05, 0) is 39.2 Å². The van der Waals surface area contributed by atoms with Gasteiger partial charge in [0.1, 0.15) is 5.75 Å². The predicted octanol–water partition coefficient (Wildman–Crippen LogP) is 4.19. The minimum absolute atomic E-state index is 0.0659. The Morgan fingerprint density at radius 2 is 1.57 bits per heavy atom. The molecule has 28 heavy (non-hydrogen) atoms. The van der Waals surface area contributed by atoms with Gasteiger partial charge in [-0.3, -0.25) is 4.79 Å². The molecule has 3 N–H and O–H groups in total. The molecule has 1 amide bonds. The van der Waals surface area contributed by atoms with E-state index in [0.717, 1.165) is 0 Å². The number of phenolic OH excluding ortho intramolecular Hbond substituents is 1. The lowest BCUT2D eigenvalue weighted by Gasteiger charge is -2.27. The van der Waals surface area contributed by atoms with Crippen molar-refractivity contribution in [2.24, 2.45) is 5.10 Å². The molecule has 0 saturated carbocycles. The zero-order valence-corrected chi connectivity index (χ0v) is 16.9. The molecule has 7 heteroatoms. The maximum absolute atomic E-state index is 12.9. The normalized spacial score (nSPS) is 11.5. The predicted molar refractivity (Wildman–Crippen MR) is 112 cm³/mol. The van der Waals surface area contributed by atoms with E-state index in [1.54, 1.807) is 60.7 Å². The summed E-state index contributed by atoms with van der Waals surface area (Å²) in [4.78, 5) is 12.9. The number of hydrogen-bond donors (Lipinski definition) is 3. The highest BCUT2D eigenvalue weighted by molar-refractivity contribution is 9.10. The minimum Gasteiger partial charge on any atom is -0.506 e.